The maximum absolute atomic E-state index is 12.3. The minimum absolute atomic E-state index is 0.334. The predicted octanol–water partition coefficient (Wildman–Crippen LogP) is 6.10. The maximum Gasteiger partial charge on any atom is 0.343 e. The molecule has 1 heterocycles. The Balaban J connectivity index is 1.61. The number of hydrogen-bond acceptors (Lipinski definition) is 3. The van der Waals surface area contributed by atoms with Crippen molar-refractivity contribution in [3.8, 4) is 16.2 Å². The molecule has 3 aromatic carbocycles. The Hall–Kier alpha value is -2.91. The van der Waals surface area contributed by atoms with Gasteiger partial charge in [0, 0.05) is 9.58 Å². The number of aryl methyl sites for hydroxylation is 1. The van der Waals surface area contributed by atoms with Crippen molar-refractivity contribution in [2.75, 3.05) is 0 Å². The van der Waals surface area contributed by atoms with Crippen LogP contribution in [-0.2, 0) is 0 Å². The second-order valence-corrected chi connectivity index (χ2v) is 7.02. The second-order valence-electron chi connectivity index (χ2n) is 5.93. The molecule has 2 nitrogen and oxygen atoms in total. The third-order valence-corrected chi connectivity index (χ3v) is 5.19. The maximum atomic E-state index is 12.3. The summed E-state index contributed by atoms with van der Waals surface area (Å²) in [6.07, 6.45) is 0. The molecule has 0 amide bonds. The summed E-state index contributed by atoms with van der Waals surface area (Å²) in [5, 5.41) is 1.15. The van der Waals surface area contributed by atoms with Gasteiger partial charge in [0.05, 0.1) is 5.56 Å². The van der Waals surface area contributed by atoms with Crippen molar-refractivity contribution in [3.05, 3.63) is 90.0 Å². The lowest BCUT2D eigenvalue weighted by Crippen LogP contribution is -2.08. The molecular weight excluding hydrogens is 328 g/mol. The highest BCUT2D eigenvalue weighted by atomic mass is 32.1. The quantitative estimate of drug-likeness (QED) is 0.332. The molecule has 122 valence electrons. The molecule has 1 aromatic heterocycles. The minimum atomic E-state index is -0.334. The van der Waals surface area contributed by atoms with E-state index in [1.807, 2.05) is 55.5 Å². The summed E-state index contributed by atoms with van der Waals surface area (Å²) in [4.78, 5) is 13.5. The zero-order chi connectivity index (χ0) is 17.2. The van der Waals surface area contributed by atoms with Gasteiger partial charge in [-0.1, -0.05) is 48.0 Å². The highest BCUT2D eigenvalue weighted by Crippen LogP contribution is 2.35. The van der Waals surface area contributed by atoms with Crippen molar-refractivity contribution in [2.24, 2.45) is 0 Å². The van der Waals surface area contributed by atoms with Crippen molar-refractivity contribution in [2.45, 2.75) is 6.92 Å². The molecule has 0 N–H and O–H groups in total. The average Bonchev–Trinajstić information content (AvgIpc) is 3.06. The molecule has 3 heteroatoms. The fourth-order valence-electron chi connectivity index (χ4n) is 2.68. The van der Waals surface area contributed by atoms with Gasteiger partial charge in [0.25, 0.3) is 0 Å². The molecule has 0 spiro atoms. The van der Waals surface area contributed by atoms with E-state index in [9.17, 15) is 4.79 Å². The van der Waals surface area contributed by atoms with E-state index in [4.69, 9.17) is 4.74 Å². The van der Waals surface area contributed by atoms with E-state index in [-0.39, 0.29) is 5.97 Å². The van der Waals surface area contributed by atoms with Crippen LogP contribution >= 0.6 is 11.3 Å². The van der Waals surface area contributed by atoms with Crippen LogP contribution < -0.4 is 4.74 Å². The summed E-state index contributed by atoms with van der Waals surface area (Å²) >= 11 is 1.70. The van der Waals surface area contributed by atoms with Crippen LogP contribution in [0.4, 0.5) is 0 Å². The Morgan fingerprint density at radius 1 is 0.880 bits per heavy atom. The van der Waals surface area contributed by atoms with E-state index in [1.54, 1.807) is 23.5 Å². The molecule has 0 saturated carbocycles. The molecule has 0 saturated heterocycles. The lowest BCUT2D eigenvalue weighted by molar-refractivity contribution is 0.0735. The van der Waals surface area contributed by atoms with Gasteiger partial charge in [-0.2, -0.15) is 0 Å². The Bertz CT molecular complexity index is 1030. The smallest absolute Gasteiger partial charge is 0.343 e. The largest absolute Gasteiger partial charge is 0.423 e. The zero-order valence-electron chi connectivity index (χ0n) is 13.7. The van der Waals surface area contributed by atoms with E-state index in [1.165, 1.54) is 10.4 Å². The van der Waals surface area contributed by atoms with Crippen molar-refractivity contribution in [3.63, 3.8) is 0 Å². The monoisotopic (exact) mass is 344 g/mol. The minimum Gasteiger partial charge on any atom is -0.423 e. The number of esters is 1. The first-order valence-electron chi connectivity index (χ1n) is 8.07. The van der Waals surface area contributed by atoms with E-state index in [0.29, 0.717) is 11.3 Å². The highest BCUT2D eigenvalue weighted by molar-refractivity contribution is 7.22. The number of ether oxygens (including phenoxy) is 1. The summed E-state index contributed by atoms with van der Waals surface area (Å²) in [7, 11) is 0. The van der Waals surface area contributed by atoms with Crippen LogP contribution in [0.5, 0.6) is 5.75 Å². The first-order valence-corrected chi connectivity index (χ1v) is 8.88. The molecule has 0 unspecified atom stereocenters. The van der Waals surface area contributed by atoms with Crippen LogP contribution in [0.25, 0.3) is 20.5 Å². The van der Waals surface area contributed by atoms with Gasteiger partial charge in [-0.15, -0.1) is 11.3 Å². The Kier molecular flexibility index (Phi) is 4.08. The summed E-state index contributed by atoms with van der Waals surface area (Å²) in [6, 6.07) is 25.6. The van der Waals surface area contributed by atoms with Gasteiger partial charge >= 0.3 is 5.97 Å². The molecule has 0 bridgehead atoms. The molecule has 4 rings (SSSR count). The summed E-state index contributed by atoms with van der Waals surface area (Å²) in [5.41, 5.74) is 2.87. The van der Waals surface area contributed by atoms with Crippen LogP contribution in [0.3, 0.4) is 0 Å². The van der Waals surface area contributed by atoms with Gasteiger partial charge in [0.15, 0.2) is 0 Å². The summed E-state index contributed by atoms with van der Waals surface area (Å²) < 4.78 is 6.64. The van der Waals surface area contributed by atoms with E-state index >= 15 is 0 Å². The van der Waals surface area contributed by atoms with Crippen LogP contribution in [0, 0.1) is 6.92 Å². The summed E-state index contributed by atoms with van der Waals surface area (Å²) in [5.74, 6) is 0.235. The van der Waals surface area contributed by atoms with Crippen molar-refractivity contribution in [1.29, 1.82) is 0 Å². The predicted molar refractivity (Wildman–Crippen MR) is 103 cm³/mol. The third kappa shape index (κ3) is 3.32. The molecule has 4 aromatic rings. The Morgan fingerprint density at radius 3 is 2.40 bits per heavy atom. The van der Waals surface area contributed by atoms with Gasteiger partial charge in [0.2, 0.25) is 0 Å². The number of hydrogen-bond donors (Lipinski definition) is 0. The number of fused-ring (bicyclic) bond motifs is 1. The normalized spacial score (nSPS) is 10.8. The van der Waals surface area contributed by atoms with Crippen LogP contribution in [0.1, 0.15) is 15.9 Å². The van der Waals surface area contributed by atoms with Crippen molar-refractivity contribution in [1.82, 2.24) is 0 Å². The standard InChI is InChI=1S/C22H16O2S/c1-15-7-9-17(10-8-15)22(23)24-19-12-11-18-13-20(25-21(18)14-19)16-5-3-2-4-6-16/h2-14H,1H3. The Labute approximate surface area is 150 Å². The Morgan fingerprint density at radius 2 is 1.64 bits per heavy atom. The van der Waals surface area contributed by atoms with Crippen LogP contribution in [0.15, 0.2) is 78.9 Å². The average molecular weight is 344 g/mol. The molecular formula is C22H16O2S. The van der Waals surface area contributed by atoms with Gasteiger partial charge in [-0.25, -0.2) is 4.79 Å². The fraction of sp³-hybridized carbons (Fsp3) is 0.0455. The first kappa shape index (κ1) is 15.6. The number of thiophene rings is 1. The van der Waals surface area contributed by atoms with Crippen molar-refractivity contribution < 1.29 is 9.53 Å². The highest BCUT2D eigenvalue weighted by Gasteiger charge is 2.10. The van der Waals surface area contributed by atoms with Gasteiger partial charge < -0.3 is 4.74 Å². The number of carbonyl (C=O) groups excluding carboxylic acids is 1. The molecule has 0 fully saturated rings. The lowest BCUT2D eigenvalue weighted by Gasteiger charge is -2.04. The topological polar surface area (TPSA) is 26.3 Å². The first-order chi connectivity index (χ1) is 12.2. The van der Waals surface area contributed by atoms with Gasteiger partial charge in [0.1, 0.15) is 5.75 Å². The number of carbonyl (C=O) groups is 1. The van der Waals surface area contributed by atoms with Crippen molar-refractivity contribution >= 4 is 27.4 Å². The summed E-state index contributed by atoms with van der Waals surface area (Å²) in [6.45, 7) is 1.99. The molecule has 0 atom stereocenters. The molecule has 0 radical (unpaired) electrons. The molecule has 25 heavy (non-hydrogen) atoms. The fourth-order valence-corrected chi connectivity index (χ4v) is 3.77. The zero-order valence-corrected chi connectivity index (χ0v) is 14.5. The van der Waals surface area contributed by atoms with E-state index in [0.717, 1.165) is 15.6 Å². The van der Waals surface area contributed by atoms with Crippen LogP contribution in [-0.4, -0.2) is 5.97 Å². The van der Waals surface area contributed by atoms with E-state index in [2.05, 4.69) is 18.2 Å². The second kappa shape index (κ2) is 6.54. The van der Waals surface area contributed by atoms with E-state index < -0.39 is 0 Å². The third-order valence-electron chi connectivity index (χ3n) is 4.05. The number of benzene rings is 3. The van der Waals surface area contributed by atoms with Gasteiger partial charge in [-0.3, -0.25) is 0 Å². The molecule has 0 aliphatic carbocycles. The van der Waals surface area contributed by atoms with Gasteiger partial charge in [-0.05, 0) is 54.3 Å². The van der Waals surface area contributed by atoms with Crippen LogP contribution in [0.2, 0.25) is 0 Å². The SMILES string of the molecule is Cc1ccc(C(=O)Oc2ccc3cc(-c4ccccc4)sc3c2)cc1. The molecule has 0 aliphatic heterocycles. The number of rotatable bonds is 3. The lowest BCUT2D eigenvalue weighted by atomic mass is 10.1. The molecule has 0 aliphatic rings.